The van der Waals surface area contributed by atoms with Crippen LogP contribution < -0.4 is 5.32 Å². The standard InChI is InChI=1S/C11H11NO5/c13-7-4-2-1-3-6(7)10-9(11(15)16)12-8(14)5-17-10/h1-4,9-10,13H,5H2,(H,12,14)(H,15,16). The number of carbonyl (C=O) groups excluding carboxylic acids is 1. The summed E-state index contributed by atoms with van der Waals surface area (Å²) in [5, 5.41) is 21.0. The number of amides is 1. The monoisotopic (exact) mass is 237 g/mol. The minimum absolute atomic E-state index is 0.0556. The number of aromatic hydroxyl groups is 1. The van der Waals surface area contributed by atoms with Gasteiger partial charge in [0.1, 0.15) is 18.5 Å². The van der Waals surface area contributed by atoms with E-state index in [0.29, 0.717) is 5.56 Å². The Morgan fingerprint density at radius 3 is 2.76 bits per heavy atom. The molecule has 3 N–H and O–H groups in total. The number of carboxylic acid groups (broad SMARTS) is 1. The highest BCUT2D eigenvalue weighted by atomic mass is 16.5. The molecule has 2 rings (SSSR count). The van der Waals surface area contributed by atoms with E-state index in [1.54, 1.807) is 18.2 Å². The number of para-hydroxylation sites is 1. The number of phenolic OH excluding ortho intramolecular Hbond substituents is 1. The zero-order valence-corrected chi connectivity index (χ0v) is 8.79. The van der Waals surface area contributed by atoms with Crippen molar-refractivity contribution in [2.24, 2.45) is 0 Å². The molecule has 0 saturated carbocycles. The summed E-state index contributed by atoms with van der Waals surface area (Å²) in [5.74, 6) is -1.74. The number of nitrogens with one attached hydrogen (secondary N) is 1. The van der Waals surface area contributed by atoms with Gasteiger partial charge in [0, 0.05) is 5.56 Å². The first-order valence-corrected chi connectivity index (χ1v) is 5.01. The van der Waals surface area contributed by atoms with E-state index in [9.17, 15) is 14.7 Å². The summed E-state index contributed by atoms with van der Waals surface area (Å²) in [5.41, 5.74) is 0.347. The van der Waals surface area contributed by atoms with Crippen molar-refractivity contribution in [1.29, 1.82) is 0 Å². The van der Waals surface area contributed by atoms with Gasteiger partial charge in [0.15, 0.2) is 6.04 Å². The number of morpholine rings is 1. The van der Waals surface area contributed by atoms with E-state index in [4.69, 9.17) is 9.84 Å². The molecule has 2 unspecified atom stereocenters. The number of benzene rings is 1. The Morgan fingerprint density at radius 1 is 1.41 bits per heavy atom. The number of aliphatic carboxylic acids is 1. The van der Waals surface area contributed by atoms with Crippen LogP contribution >= 0.6 is 0 Å². The molecule has 0 radical (unpaired) electrons. The Labute approximate surface area is 96.8 Å². The van der Waals surface area contributed by atoms with E-state index >= 15 is 0 Å². The Bertz CT molecular complexity index is 459. The van der Waals surface area contributed by atoms with Gasteiger partial charge in [-0.3, -0.25) is 4.79 Å². The van der Waals surface area contributed by atoms with Gasteiger partial charge in [0.05, 0.1) is 0 Å². The van der Waals surface area contributed by atoms with Crippen molar-refractivity contribution >= 4 is 11.9 Å². The third-order valence-electron chi connectivity index (χ3n) is 2.52. The predicted molar refractivity (Wildman–Crippen MR) is 56.4 cm³/mol. The second kappa shape index (κ2) is 4.42. The van der Waals surface area contributed by atoms with Crippen LogP contribution in [0.4, 0.5) is 0 Å². The maximum absolute atomic E-state index is 11.1. The predicted octanol–water partition coefficient (Wildman–Crippen LogP) is 0.0329. The van der Waals surface area contributed by atoms with Crippen LogP contribution in [0.2, 0.25) is 0 Å². The fraction of sp³-hybridized carbons (Fsp3) is 0.273. The van der Waals surface area contributed by atoms with Crippen LogP contribution in [-0.4, -0.2) is 34.7 Å². The summed E-state index contributed by atoms with van der Waals surface area (Å²) < 4.78 is 5.18. The lowest BCUT2D eigenvalue weighted by atomic mass is 10.00. The molecule has 1 fully saturated rings. The van der Waals surface area contributed by atoms with Crippen LogP contribution in [0.25, 0.3) is 0 Å². The highest BCUT2D eigenvalue weighted by Crippen LogP contribution is 2.30. The van der Waals surface area contributed by atoms with Crippen molar-refractivity contribution < 1.29 is 24.5 Å². The minimum Gasteiger partial charge on any atom is -0.508 e. The Balaban J connectivity index is 2.33. The van der Waals surface area contributed by atoms with Crippen molar-refractivity contribution in [3.63, 3.8) is 0 Å². The molecule has 1 aromatic rings. The molecule has 0 spiro atoms. The maximum atomic E-state index is 11.1. The molecule has 1 heterocycles. The molecule has 1 saturated heterocycles. The largest absolute Gasteiger partial charge is 0.508 e. The van der Waals surface area contributed by atoms with Crippen molar-refractivity contribution in [2.45, 2.75) is 12.1 Å². The van der Waals surface area contributed by atoms with Crippen LogP contribution in [0.5, 0.6) is 5.75 Å². The molecule has 1 amide bonds. The number of rotatable bonds is 2. The molecule has 2 atom stereocenters. The Morgan fingerprint density at radius 2 is 2.12 bits per heavy atom. The van der Waals surface area contributed by atoms with Gasteiger partial charge in [-0.25, -0.2) is 4.79 Å². The molecule has 1 aliphatic heterocycles. The highest BCUT2D eigenvalue weighted by molar-refractivity contribution is 5.86. The van der Waals surface area contributed by atoms with E-state index in [-0.39, 0.29) is 12.4 Å². The van der Waals surface area contributed by atoms with Gasteiger partial charge in [0.2, 0.25) is 5.91 Å². The van der Waals surface area contributed by atoms with Gasteiger partial charge in [-0.1, -0.05) is 18.2 Å². The topological polar surface area (TPSA) is 95.9 Å². The van der Waals surface area contributed by atoms with E-state index in [2.05, 4.69) is 5.32 Å². The first-order chi connectivity index (χ1) is 8.09. The number of hydrogen-bond acceptors (Lipinski definition) is 4. The molecular formula is C11H11NO5. The molecular weight excluding hydrogens is 226 g/mol. The summed E-state index contributed by atoms with van der Waals surface area (Å²) in [6, 6.07) is 5.09. The number of ether oxygens (including phenoxy) is 1. The van der Waals surface area contributed by atoms with E-state index in [1.807, 2.05) is 0 Å². The van der Waals surface area contributed by atoms with Crippen LogP contribution in [0.15, 0.2) is 24.3 Å². The molecule has 1 aliphatic rings. The summed E-state index contributed by atoms with van der Waals surface area (Å²) in [7, 11) is 0. The van der Waals surface area contributed by atoms with Gasteiger partial charge in [-0.2, -0.15) is 0 Å². The third kappa shape index (κ3) is 2.21. The summed E-state index contributed by atoms with van der Waals surface area (Å²) in [6.45, 7) is -0.219. The van der Waals surface area contributed by atoms with E-state index in [1.165, 1.54) is 6.07 Å². The molecule has 90 valence electrons. The smallest absolute Gasteiger partial charge is 0.329 e. The van der Waals surface area contributed by atoms with Crippen LogP contribution in [0.3, 0.4) is 0 Å². The van der Waals surface area contributed by atoms with Crippen molar-refractivity contribution in [2.75, 3.05) is 6.61 Å². The summed E-state index contributed by atoms with van der Waals surface area (Å²) in [6.07, 6.45) is -0.883. The molecule has 6 heteroatoms. The molecule has 0 aliphatic carbocycles. The second-order valence-corrected chi connectivity index (χ2v) is 3.67. The zero-order valence-electron chi connectivity index (χ0n) is 8.79. The highest BCUT2D eigenvalue weighted by Gasteiger charge is 2.37. The van der Waals surface area contributed by atoms with Gasteiger partial charge >= 0.3 is 5.97 Å². The van der Waals surface area contributed by atoms with Crippen LogP contribution in [-0.2, 0) is 14.3 Å². The zero-order chi connectivity index (χ0) is 12.4. The molecule has 1 aromatic carbocycles. The Kier molecular flexibility index (Phi) is 2.97. The second-order valence-electron chi connectivity index (χ2n) is 3.67. The summed E-state index contributed by atoms with van der Waals surface area (Å²) in [4.78, 5) is 22.1. The third-order valence-corrected chi connectivity index (χ3v) is 2.52. The van der Waals surface area contributed by atoms with E-state index < -0.39 is 24.0 Å². The fourth-order valence-electron chi connectivity index (χ4n) is 1.74. The quantitative estimate of drug-likeness (QED) is 0.674. The number of carboxylic acids is 1. The molecule has 17 heavy (non-hydrogen) atoms. The lowest BCUT2D eigenvalue weighted by molar-refractivity contribution is -0.155. The summed E-state index contributed by atoms with van der Waals surface area (Å²) >= 11 is 0. The number of hydrogen-bond donors (Lipinski definition) is 3. The maximum Gasteiger partial charge on any atom is 0.329 e. The fourth-order valence-corrected chi connectivity index (χ4v) is 1.74. The van der Waals surface area contributed by atoms with Gasteiger partial charge in [0.25, 0.3) is 0 Å². The average Bonchev–Trinajstić information content (AvgIpc) is 2.30. The Hall–Kier alpha value is -2.08. The number of carbonyl (C=O) groups is 2. The lowest BCUT2D eigenvalue weighted by Gasteiger charge is -2.30. The lowest BCUT2D eigenvalue weighted by Crippen LogP contribution is -2.51. The van der Waals surface area contributed by atoms with Crippen LogP contribution in [0.1, 0.15) is 11.7 Å². The SMILES string of the molecule is O=C1COC(c2ccccc2O)C(C(=O)O)N1. The van der Waals surface area contributed by atoms with E-state index in [0.717, 1.165) is 0 Å². The number of phenols is 1. The van der Waals surface area contributed by atoms with Crippen molar-refractivity contribution in [3.8, 4) is 5.75 Å². The normalized spacial score (nSPS) is 24.1. The average molecular weight is 237 g/mol. The van der Waals surface area contributed by atoms with Gasteiger partial charge < -0.3 is 20.3 Å². The minimum atomic E-state index is -1.20. The van der Waals surface area contributed by atoms with Crippen LogP contribution in [0, 0.1) is 0 Å². The molecule has 0 aromatic heterocycles. The first kappa shape index (κ1) is 11.4. The molecule has 6 nitrogen and oxygen atoms in total. The van der Waals surface area contributed by atoms with Gasteiger partial charge in [-0.15, -0.1) is 0 Å². The van der Waals surface area contributed by atoms with Crippen molar-refractivity contribution in [1.82, 2.24) is 5.32 Å². The van der Waals surface area contributed by atoms with Crippen molar-refractivity contribution in [3.05, 3.63) is 29.8 Å². The van der Waals surface area contributed by atoms with Gasteiger partial charge in [-0.05, 0) is 6.07 Å². The molecule has 0 bridgehead atoms. The first-order valence-electron chi connectivity index (χ1n) is 5.01.